The predicted octanol–water partition coefficient (Wildman–Crippen LogP) is 4.81. The van der Waals surface area contributed by atoms with Crippen molar-refractivity contribution in [2.45, 2.75) is 19.9 Å². The van der Waals surface area contributed by atoms with E-state index in [0.29, 0.717) is 30.9 Å². The van der Waals surface area contributed by atoms with Crippen LogP contribution in [0.15, 0.2) is 66.7 Å². The summed E-state index contributed by atoms with van der Waals surface area (Å²) in [6.45, 7) is 4.06. The third-order valence-electron chi connectivity index (χ3n) is 5.84. The standard InChI is InChI=1S/C26H25N3O4/c1-18-4-2-5-20(14-18)25(30)27-21-7-9-22(10-8-21)29-13-3-12-28(26(29)31)16-19-6-11-23-24(15-19)33-17-32-23/h2,4-11,14-15H,3,12-13,16-17H2,1H3,(H,27,30). The fourth-order valence-corrected chi connectivity index (χ4v) is 4.14. The maximum Gasteiger partial charge on any atom is 0.324 e. The van der Waals surface area contributed by atoms with Gasteiger partial charge in [-0.2, -0.15) is 0 Å². The molecule has 3 amide bonds. The lowest BCUT2D eigenvalue weighted by atomic mass is 10.1. The van der Waals surface area contributed by atoms with E-state index in [1.165, 1.54) is 0 Å². The van der Waals surface area contributed by atoms with Gasteiger partial charge in [0.1, 0.15) is 0 Å². The zero-order chi connectivity index (χ0) is 22.8. The van der Waals surface area contributed by atoms with Gasteiger partial charge in [0.05, 0.1) is 0 Å². The largest absolute Gasteiger partial charge is 0.454 e. The maximum absolute atomic E-state index is 13.2. The highest BCUT2D eigenvalue weighted by Crippen LogP contribution is 2.33. The van der Waals surface area contributed by atoms with Crippen LogP contribution < -0.4 is 19.7 Å². The van der Waals surface area contributed by atoms with Crippen LogP contribution in [0, 0.1) is 6.92 Å². The molecule has 1 saturated heterocycles. The van der Waals surface area contributed by atoms with E-state index in [9.17, 15) is 9.59 Å². The highest BCUT2D eigenvalue weighted by atomic mass is 16.7. The molecule has 7 nitrogen and oxygen atoms in total. The Morgan fingerprint density at radius 1 is 0.970 bits per heavy atom. The number of aryl methyl sites for hydroxylation is 1. The van der Waals surface area contributed by atoms with Gasteiger partial charge in [0.2, 0.25) is 6.79 Å². The molecule has 5 rings (SSSR count). The van der Waals surface area contributed by atoms with Crippen LogP contribution in [-0.4, -0.2) is 36.7 Å². The maximum atomic E-state index is 13.2. The number of benzene rings is 3. The van der Waals surface area contributed by atoms with E-state index in [1.54, 1.807) is 11.0 Å². The van der Waals surface area contributed by atoms with Crippen molar-refractivity contribution in [2.75, 3.05) is 30.1 Å². The van der Waals surface area contributed by atoms with E-state index in [2.05, 4.69) is 5.32 Å². The number of ether oxygens (including phenoxy) is 2. The molecule has 33 heavy (non-hydrogen) atoms. The second-order valence-electron chi connectivity index (χ2n) is 8.27. The lowest BCUT2D eigenvalue weighted by molar-refractivity contribution is 0.102. The minimum Gasteiger partial charge on any atom is -0.454 e. The van der Waals surface area contributed by atoms with E-state index < -0.39 is 0 Å². The van der Waals surface area contributed by atoms with Crippen molar-refractivity contribution in [1.82, 2.24) is 4.90 Å². The van der Waals surface area contributed by atoms with Crippen LogP contribution in [0.3, 0.4) is 0 Å². The first-order valence-electron chi connectivity index (χ1n) is 11.0. The Hall–Kier alpha value is -4.00. The fourth-order valence-electron chi connectivity index (χ4n) is 4.14. The third kappa shape index (κ3) is 4.48. The predicted molar refractivity (Wildman–Crippen MR) is 126 cm³/mol. The van der Waals surface area contributed by atoms with Crippen LogP contribution in [0.1, 0.15) is 27.9 Å². The quantitative estimate of drug-likeness (QED) is 0.614. The summed E-state index contributed by atoms with van der Waals surface area (Å²) in [5.41, 5.74) is 4.15. The van der Waals surface area contributed by atoms with Crippen molar-refractivity contribution in [3.8, 4) is 11.5 Å². The molecule has 3 aromatic rings. The molecule has 0 atom stereocenters. The van der Waals surface area contributed by atoms with E-state index in [1.807, 2.05) is 72.5 Å². The summed E-state index contributed by atoms with van der Waals surface area (Å²) in [4.78, 5) is 29.3. The van der Waals surface area contributed by atoms with Crippen molar-refractivity contribution in [3.05, 3.63) is 83.4 Å². The first kappa shape index (κ1) is 20.9. The average Bonchev–Trinajstić information content (AvgIpc) is 3.29. The number of fused-ring (bicyclic) bond motifs is 1. The van der Waals surface area contributed by atoms with Gasteiger partial charge in [-0.25, -0.2) is 4.79 Å². The second-order valence-corrected chi connectivity index (χ2v) is 8.27. The Kier molecular flexibility index (Phi) is 5.60. The molecule has 7 heteroatoms. The van der Waals surface area contributed by atoms with E-state index in [-0.39, 0.29) is 18.7 Å². The number of nitrogens with one attached hydrogen (secondary N) is 1. The van der Waals surface area contributed by atoms with E-state index >= 15 is 0 Å². The van der Waals surface area contributed by atoms with Gasteiger partial charge >= 0.3 is 6.03 Å². The van der Waals surface area contributed by atoms with Crippen LogP contribution in [0.25, 0.3) is 0 Å². The van der Waals surface area contributed by atoms with Crippen molar-refractivity contribution >= 4 is 23.3 Å². The normalized spacial score (nSPS) is 15.0. The number of amides is 3. The summed E-state index contributed by atoms with van der Waals surface area (Å²) < 4.78 is 10.8. The van der Waals surface area contributed by atoms with Gasteiger partial charge in [0, 0.05) is 36.6 Å². The number of carbonyl (C=O) groups excluding carboxylic acids is 2. The van der Waals surface area contributed by atoms with Crippen LogP contribution in [0.4, 0.5) is 16.2 Å². The highest BCUT2D eigenvalue weighted by Gasteiger charge is 2.27. The summed E-state index contributed by atoms with van der Waals surface area (Å²) in [7, 11) is 0. The van der Waals surface area contributed by atoms with Gasteiger partial charge < -0.3 is 19.7 Å². The Bertz CT molecular complexity index is 1190. The van der Waals surface area contributed by atoms with Crippen molar-refractivity contribution in [3.63, 3.8) is 0 Å². The number of rotatable bonds is 5. The first-order chi connectivity index (χ1) is 16.1. The summed E-state index contributed by atoms with van der Waals surface area (Å²) in [5.74, 6) is 1.30. The van der Waals surface area contributed by atoms with E-state index in [4.69, 9.17) is 9.47 Å². The van der Waals surface area contributed by atoms with Gasteiger partial charge in [-0.05, 0) is 67.4 Å². The summed E-state index contributed by atoms with van der Waals surface area (Å²) in [6, 6.07) is 20.6. The van der Waals surface area contributed by atoms with Gasteiger partial charge in [-0.15, -0.1) is 0 Å². The molecular formula is C26H25N3O4. The molecule has 0 radical (unpaired) electrons. The molecule has 1 fully saturated rings. The molecule has 0 unspecified atom stereocenters. The van der Waals surface area contributed by atoms with Crippen LogP contribution in [-0.2, 0) is 6.54 Å². The van der Waals surface area contributed by atoms with Crippen molar-refractivity contribution in [2.24, 2.45) is 0 Å². The van der Waals surface area contributed by atoms with Crippen molar-refractivity contribution in [1.29, 1.82) is 0 Å². The highest BCUT2D eigenvalue weighted by molar-refractivity contribution is 6.04. The number of carbonyl (C=O) groups is 2. The van der Waals surface area contributed by atoms with Gasteiger partial charge in [-0.1, -0.05) is 23.8 Å². The summed E-state index contributed by atoms with van der Waals surface area (Å²) in [5, 5.41) is 2.91. The zero-order valence-corrected chi connectivity index (χ0v) is 18.4. The van der Waals surface area contributed by atoms with Crippen molar-refractivity contribution < 1.29 is 19.1 Å². The van der Waals surface area contributed by atoms with Crippen LogP contribution in [0.2, 0.25) is 0 Å². The summed E-state index contributed by atoms with van der Waals surface area (Å²) >= 11 is 0. The molecule has 0 spiro atoms. The molecule has 0 aliphatic carbocycles. The third-order valence-corrected chi connectivity index (χ3v) is 5.84. The Morgan fingerprint density at radius 3 is 2.61 bits per heavy atom. The fraction of sp³-hybridized carbons (Fsp3) is 0.231. The smallest absolute Gasteiger partial charge is 0.324 e. The number of hydrogen-bond acceptors (Lipinski definition) is 4. The topological polar surface area (TPSA) is 71.1 Å². The minimum absolute atomic E-state index is 0.0320. The number of urea groups is 1. The number of anilines is 2. The molecule has 0 aromatic heterocycles. The molecule has 168 valence electrons. The number of nitrogens with zero attached hydrogens (tertiary/aromatic N) is 2. The average molecular weight is 444 g/mol. The van der Waals surface area contributed by atoms with Crippen LogP contribution >= 0.6 is 0 Å². The molecule has 0 saturated carbocycles. The lowest BCUT2D eigenvalue weighted by Crippen LogP contribution is -2.49. The Balaban J connectivity index is 1.25. The Labute approximate surface area is 192 Å². The minimum atomic E-state index is -0.157. The van der Waals surface area contributed by atoms with E-state index in [0.717, 1.165) is 34.7 Å². The van der Waals surface area contributed by atoms with Gasteiger partial charge in [0.25, 0.3) is 5.91 Å². The van der Waals surface area contributed by atoms with Gasteiger partial charge in [0.15, 0.2) is 11.5 Å². The molecule has 2 heterocycles. The Morgan fingerprint density at radius 2 is 1.79 bits per heavy atom. The summed E-state index contributed by atoms with van der Waals surface area (Å²) in [6.07, 6.45) is 0.877. The lowest BCUT2D eigenvalue weighted by Gasteiger charge is -2.35. The SMILES string of the molecule is Cc1cccc(C(=O)Nc2ccc(N3CCCN(Cc4ccc5c(c4)OCO5)C3=O)cc2)c1. The molecule has 2 aliphatic heterocycles. The number of hydrogen-bond donors (Lipinski definition) is 1. The first-order valence-corrected chi connectivity index (χ1v) is 11.0. The van der Waals surface area contributed by atoms with Crippen LogP contribution in [0.5, 0.6) is 11.5 Å². The molecule has 0 bridgehead atoms. The molecule has 2 aliphatic rings. The van der Waals surface area contributed by atoms with Gasteiger partial charge in [-0.3, -0.25) is 9.69 Å². The molecule has 1 N–H and O–H groups in total. The second kappa shape index (κ2) is 8.86. The zero-order valence-electron chi connectivity index (χ0n) is 18.4. The molecular weight excluding hydrogens is 418 g/mol. The monoisotopic (exact) mass is 443 g/mol. The molecule has 3 aromatic carbocycles.